The van der Waals surface area contributed by atoms with Gasteiger partial charge in [0.1, 0.15) is 0 Å². The lowest BCUT2D eigenvalue weighted by Gasteiger charge is -2.09. The van der Waals surface area contributed by atoms with Crippen LogP contribution in [-0.2, 0) is 0 Å². The van der Waals surface area contributed by atoms with E-state index < -0.39 is 0 Å². The molecule has 0 aromatic heterocycles. The van der Waals surface area contributed by atoms with Crippen LogP contribution >= 0.6 is 0 Å². The van der Waals surface area contributed by atoms with Crippen molar-refractivity contribution in [3.05, 3.63) is 0 Å². The fraction of sp³-hybridized carbons (Fsp3) is 0.833. The summed E-state index contributed by atoms with van der Waals surface area (Å²) in [5.41, 5.74) is 5.38. The van der Waals surface area contributed by atoms with E-state index in [1.54, 1.807) is 7.05 Å². The molecule has 60 valence electrons. The standard InChI is InChI=1S/C6H16N4/c1-8-6(7)9-4-5-10(2)3/h4-5H2,1-3H3,(H3,7,8,9). The van der Waals surface area contributed by atoms with Crippen molar-refractivity contribution in [2.75, 3.05) is 34.2 Å². The number of rotatable bonds is 3. The Bertz CT molecular complexity index is 108. The van der Waals surface area contributed by atoms with Crippen molar-refractivity contribution in [2.45, 2.75) is 0 Å². The fourth-order valence-corrected chi connectivity index (χ4v) is 0.487. The van der Waals surface area contributed by atoms with E-state index >= 15 is 0 Å². The lowest BCUT2D eigenvalue weighted by Crippen LogP contribution is -2.36. The van der Waals surface area contributed by atoms with Crippen molar-refractivity contribution >= 4 is 5.96 Å². The highest BCUT2D eigenvalue weighted by Gasteiger charge is 1.89. The van der Waals surface area contributed by atoms with Crippen LogP contribution in [-0.4, -0.2) is 45.1 Å². The van der Waals surface area contributed by atoms with Crippen LogP contribution in [0.2, 0.25) is 0 Å². The molecular weight excluding hydrogens is 128 g/mol. The third-order valence-corrected chi connectivity index (χ3v) is 1.11. The Labute approximate surface area is 62.1 Å². The van der Waals surface area contributed by atoms with Crippen LogP contribution in [0, 0.1) is 0 Å². The maximum atomic E-state index is 5.38. The zero-order valence-corrected chi connectivity index (χ0v) is 6.89. The molecule has 0 atom stereocenters. The molecule has 0 aliphatic heterocycles. The van der Waals surface area contributed by atoms with E-state index in [2.05, 4.69) is 15.2 Å². The van der Waals surface area contributed by atoms with Gasteiger partial charge in [-0.05, 0) is 14.1 Å². The van der Waals surface area contributed by atoms with Gasteiger partial charge in [-0.2, -0.15) is 0 Å². The summed E-state index contributed by atoms with van der Waals surface area (Å²) in [4.78, 5) is 5.83. The lowest BCUT2D eigenvalue weighted by molar-refractivity contribution is 0.412. The summed E-state index contributed by atoms with van der Waals surface area (Å²) in [5, 5.41) is 2.95. The highest BCUT2D eigenvalue weighted by atomic mass is 15.1. The van der Waals surface area contributed by atoms with Crippen LogP contribution in [0.3, 0.4) is 0 Å². The first-order valence-corrected chi connectivity index (χ1v) is 3.27. The Hall–Kier alpha value is -0.770. The van der Waals surface area contributed by atoms with Crippen LogP contribution in [0.25, 0.3) is 0 Å². The molecule has 0 unspecified atom stereocenters. The molecule has 0 saturated heterocycles. The van der Waals surface area contributed by atoms with Crippen LogP contribution in [0.15, 0.2) is 4.99 Å². The molecule has 0 amide bonds. The minimum atomic E-state index is 0.502. The predicted octanol–water partition coefficient (Wildman–Crippen LogP) is -0.918. The maximum Gasteiger partial charge on any atom is 0.188 e. The molecule has 4 heteroatoms. The van der Waals surface area contributed by atoms with E-state index in [4.69, 9.17) is 5.73 Å². The Balaban J connectivity index is 3.20. The summed E-state index contributed by atoms with van der Waals surface area (Å²) in [6.45, 7) is 1.81. The molecule has 0 heterocycles. The van der Waals surface area contributed by atoms with Gasteiger partial charge in [0.25, 0.3) is 0 Å². The minimum absolute atomic E-state index is 0.502. The smallest absolute Gasteiger partial charge is 0.188 e. The van der Waals surface area contributed by atoms with E-state index in [9.17, 15) is 0 Å². The fourth-order valence-electron chi connectivity index (χ4n) is 0.487. The van der Waals surface area contributed by atoms with E-state index in [-0.39, 0.29) is 0 Å². The zero-order valence-electron chi connectivity index (χ0n) is 6.89. The quantitative estimate of drug-likeness (QED) is 0.398. The molecule has 0 saturated carbocycles. The first-order chi connectivity index (χ1) is 4.66. The maximum absolute atomic E-state index is 5.38. The van der Waals surface area contributed by atoms with E-state index in [1.807, 2.05) is 14.1 Å². The number of guanidine groups is 1. The molecule has 0 radical (unpaired) electrons. The lowest BCUT2D eigenvalue weighted by atomic mass is 10.6. The topological polar surface area (TPSA) is 53.6 Å². The Morgan fingerprint density at radius 1 is 1.60 bits per heavy atom. The number of hydrogen-bond acceptors (Lipinski definition) is 2. The Morgan fingerprint density at radius 3 is 2.60 bits per heavy atom. The van der Waals surface area contributed by atoms with E-state index in [0.717, 1.165) is 13.1 Å². The van der Waals surface area contributed by atoms with Gasteiger partial charge in [0.05, 0.1) is 0 Å². The van der Waals surface area contributed by atoms with Crippen LogP contribution in [0.5, 0.6) is 0 Å². The molecule has 0 aromatic rings. The van der Waals surface area contributed by atoms with Crippen molar-refractivity contribution in [3.63, 3.8) is 0 Å². The first-order valence-electron chi connectivity index (χ1n) is 3.27. The largest absolute Gasteiger partial charge is 0.370 e. The number of nitrogens with zero attached hydrogens (tertiary/aromatic N) is 2. The van der Waals surface area contributed by atoms with Crippen molar-refractivity contribution in [2.24, 2.45) is 10.7 Å². The summed E-state index contributed by atoms with van der Waals surface area (Å²) < 4.78 is 0. The first kappa shape index (κ1) is 9.23. The zero-order chi connectivity index (χ0) is 7.98. The number of aliphatic imine (C=N–C) groups is 1. The number of nitrogens with one attached hydrogen (secondary N) is 1. The molecule has 0 rings (SSSR count). The minimum Gasteiger partial charge on any atom is -0.370 e. The van der Waals surface area contributed by atoms with Gasteiger partial charge in [0.2, 0.25) is 0 Å². The van der Waals surface area contributed by atoms with Gasteiger partial charge in [-0.15, -0.1) is 0 Å². The number of likely N-dealkylation sites (N-methyl/N-ethyl adjacent to an activating group) is 1. The highest BCUT2D eigenvalue weighted by Crippen LogP contribution is 1.69. The number of hydrogen-bond donors (Lipinski definition) is 2. The normalized spacial score (nSPS) is 12.2. The van der Waals surface area contributed by atoms with Crippen molar-refractivity contribution in [3.8, 4) is 0 Å². The molecule has 0 spiro atoms. The average Bonchev–Trinajstić information content (AvgIpc) is 1.87. The SMILES string of the molecule is CN=C(N)NCCN(C)C. The molecule has 10 heavy (non-hydrogen) atoms. The van der Waals surface area contributed by atoms with Gasteiger partial charge in [-0.3, -0.25) is 4.99 Å². The second-order valence-electron chi connectivity index (χ2n) is 2.34. The monoisotopic (exact) mass is 144 g/mol. The van der Waals surface area contributed by atoms with Gasteiger partial charge in [0.15, 0.2) is 5.96 Å². The average molecular weight is 144 g/mol. The van der Waals surface area contributed by atoms with Crippen molar-refractivity contribution in [1.82, 2.24) is 10.2 Å². The molecule has 0 aromatic carbocycles. The highest BCUT2D eigenvalue weighted by molar-refractivity contribution is 5.77. The van der Waals surface area contributed by atoms with Gasteiger partial charge < -0.3 is 16.0 Å². The summed E-state index contributed by atoms with van der Waals surface area (Å²) >= 11 is 0. The van der Waals surface area contributed by atoms with Crippen molar-refractivity contribution in [1.29, 1.82) is 0 Å². The van der Waals surface area contributed by atoms with Gasteiger partial charge in [-0.1, -0.05) is 0 Å². The van der Waals surface area contributed by atoms with Gasteiger partial charge in [-0.25, -0.2) is 0 Å². The third kappa shape index (κ3) is 5.37. The molecule has 0 bridgehead atoms. The summed E-state index contributed by atoms with van der Waals surface area (Å²) in [7, 11) is 5.69. The predicted molar refractivity (Wildman–Crippen MR) is 44.1 cm³/mol. The van der Waals surface area contributed by atoms with E-state index in [1.165, 1.54) is 0 Å². The molecule has 0 fully saturated rings. The van der Waals surface area contributed by atoms with Crippen LogP contribution in [0.1, 0.15) is 0 Å². The molecule has 3 N–H and O–H groups in total. The summed E-state index contributed by atoms with van der Waals surface area (Å²) in [5.74, 6) is 0.502. The molecule has 4 nitrogen and oxygen atoms in total. The molecule has 0 aliphatic carbocycles. The van der Waals surface area contributed by atoms with Crippen molar-refractivity contribution < 1.29 is 0 Å². The summed E-state index contributed by atoms with van der Waals surface area (Å²) in [6, 6.07) is 0. The Kier molecular flexibility index (Phi) is 4.66. The van der Waals surface area contributed by atoms with Crippen LogP contribution in [0.4, 0.5) is 0 Å². The van der Waals surface area contributed by atoms with Crippen LogP contribution < -0.4 is 11.1 Å². The second-order valence-corrected chi connectivity index (χ2v) is 2.34. The summed E-state index contributed by atoms with van der Waals surface area (Å²) in [6.07, 6.45) is 0. The van der Waals surface area contributed by atoms with Gasteiger partial charge >= 0.3 is 0 Å². The second kappa shape index (κ2) is 5.05. The third-order valence-electron chi connectivity index (χ3n) is 1.11. The van der Waals surface area contributed by atoms with Gasteiger partial charge in [0, 0.05) is 20.1 Å². The van der Waals surface area contributed by atoms with E-state index in [0.29, 0.717) is 5.96 Å². The molecule has 0 aliphatic rings. The molecular formula is C6H16N4. The number of nitrogens with two attached hydrogens (primary N) is 1. The Morgan fingerprint density at radius 2 is 2.20 bits per heavy atom.